The summed E-state index contributed by atoms with van der Waals surface area (Å²) in [5, 5.41) is 3.78. The van der Waals surface area contributed by atoms with Crippen molar-refractivity contribution in [2.24, 2.45) is 5.41 Å². The monoisotopic (exact) mass is 352 g/mol. The minimum absolute atomic E-state index is 0.230. The highest BCUT2D eigenvalue weighted by molar-refractivity contribution is 9.10. The van der Waals surface area contributed by atoms with E-state index in [-0.39, 0.29) is 11.0 Å². The van der Waals surface area contributed by atoms with Crippen LogP contribution in [0.15, 0.2) is 28.7 Å². The summed E-state index contributed by atoms with van der Waals surface area (Å²) in [6.07, 6.45) is 1.17. The van der Waals surface area contributed by atoms with Crippen molar-refractivity contribution in [3.8, 4) is 0 Å². The first-order valence-corrected chi connectivity index (χ1v) is 8.76. The molecule has 0 saturated carbocycles. The predicted octanol–water partition coefficient (Wildman–Crippen LogP) is 4.44. The Kier molecular flexibility index (Phi) is 5.17. The highest BCUT2D eigenvalue weighted by Crippen LogP contribution is 2.31. The molecule has 1 N–H and O–H groups in total. The van der Waals surface area contributed by atoms with Crippen LogP contribution in [0.2, 0.25) is 0 Å². The lowest BCUT2D eigenvalue weighted by atomic mass is 9.81. The van der Waals surface area contributed by atoms with Crippen molar-refractivity contribution in [3.05, 3.63) is 34.3 Å². The van der Waals surface area contributed by atoms with Crippen LogP contribution in [-0.2, 0) is 6.54 Å². The Morgan fingerprint density at radius 2 is 2.10 bits per heavy atom. The molecule has 0 radical (unpaired) electrons. The Labute approximate surface area is 138 Å². The molecule has 1 aromatic rings. The fourth-order valence-electron chi connectivity index (χ4n) is 3.21. The summed E-state index contributed by atoms with van der Waals surface area (Å²) in [4.78, 5) is 2.67. The van der Waals surface area contributed by atoms with E-state index in [1.54, 1.807) is 0 Å². The van der Waals surface area contributed by atoms with Crippen LogP contribution in [0.1, 0.15) is 46.6 Å². The first-order chi connectivity index (χ1) is 9.73. The van der Waals surface area contributed by atoms with Gasteiger partial charge in [-0.25, -0.2) is 0 Å². The van der Waals surface area contributed by atoms with Gasteiger partial charge in [0.15, 0.2) is 0 Å². The van der Waals surface area contributed by atoms with Crippen LogP contribution in [-0.4, -0.2) is 29.6 Å². The van der Waals surface area contributed by atoms with Gasteiger partial charge in [-0.05, 0) is 36.5 Å². The number of piperazine rings is 1. The molecule has 118 valence electrons. The summed E-state index contributed by atoms with van der Waals surface area (Å²) in [5.41, 5.74) is 1.90. The van der Waals surface area contributed by atoms with Gasteiger partial charge in [0, 0.05) is 35.7 Å². The van der Waals surface area contributed by atoms with Crippen molar-refractivity contribution in [1.29, 1.82) is 0 Å². The molecule has 2 rings (SSSR count). The topological polar surface area (TPSA) is 15.3 Å². The standard InChI is InChI=1S/C18H29BrN2/c1-6-18(5)13-21(16(11-20-18)17(2,3)4)12-14-8-7-9-15(19)10-14/h7-10,16,20H,6,11-13H2,1-5H3. The molecule has 2 unspecified atom stereocenters. The van der Waals surface area contributed by atoms with Crippen molar-refractivity contribution >= 4 is 15.9 Å². The summed E-state index contributed by atoms with van der Waals surface area (Å²) in [6.45, 7) is 14.9. The largest absolute Gasteiger partial charge is 0.309 e. The molecule has 1 aromatic carbocycles. The molecule has 21 heavy (non-hydrogen) atoms. The van der Waals surface area contributed by atoms with E-state index in [0.29, 0.717) is 6.04 Å². The Hall–Kier alpha value is -0.380. The van der Waals surface area contributed by atoms with E-state index in [2.05, 4.69) is 85.0 Å². The minimum Gasteiger partial charge on any atom is -0.309 e. The van der Waals surface area contributed by atoms with E-state index in [1.165, 1.54) is 16.5 Å². The van der Waals surface area contributed by atoms with Crippen LogP contribution < -0.4 is 5.32 Å². The van der Waals surface area contributed by atoms with Gasteiger partial charge < -0.3 is 5.32 Å². The zero-order chi connectivity index (χ0) is 15.7. The fraction of sp³-hybridized carbons (Fsp3) is 0.667. The van der Waals surface area contributed by atoms with E-state index in [1.807, 2.05) is 0 Å². The van der Waals surface area contributed by atoms with Crippen molar-refractivity contribution in [2.75, 3.05) is 13.1 Å². The molecule has 2 nitrogen and oxygen atoms in total. The van der Waals surface area contributed by atoms with Crippen molar-refractivity contribution < 1.29 is 0 Å². The summed E-state index contributed by atoms with van der Waals surface area (Å²) in [5.74, 6) is 0. The molecule has 0 spiro atoms. The Balaban J connectivity index is 2.21. The zero-order valence-electron chi connectivity index (χ0n) is 14.0. The molecule has 2 atom stereocenters. The second-order valence-corrected chi connectivity index (χ2v) is 8.63. The van der Waals surface area contributed by atoms with Gasteiger partial charge in [0.25, 0.3) is 0 Å². The maximum atomic E-state index is 3.78. The van der Waals surface area contributed by atoms with Gasteiger partial charge in [-0.2, -0.15) is 0 Å². The van der Waals surface area contributed by atoms with E-state index in [0.717, 1.165) is 19.6 Å². The average molecular weight is 353 g/mol. The molecule has 3 heteroatoms. The molecule has 0 aromatic heterocycles. The summed E-state index contributed by atoms with van der Waals surface area (Å²) < 4.78 is 1.17. The van der Waals surface area contributed by atoms with Crippen LogP contribution in [0.5, 0.6) is 0 Å². The van der Waals surface area contributed by atoms with Crippen LogP contribution in [0.3, 0.4) is 0 Å². The first-order valence-electron chi connectivity index (χ1n) is 7.97. The fourth-order valence-corrected chi connectivity index (χ4v) is 3.66. The molecule has 0 bridgehead atoms. The van der Waals surface area contributed by atoms with Gasteiger partial charge in [-0.1, -0.05) is 55.8 Å². The quantitative estimate of drug-likeness (QED) is 0.864. The van der Waals surface area contributed by atoms with Gasteiger partial charge in [0.2, 0.25) is 0 Å². The summed E-state index contributed by atoms with van der Waals surface area (Å²) >= 11 is 3.59. The predicted molar refractivity (Wildman–Crippen MR) is 94.5 cm³/mol. The van der Waals surface area contributed by atoms with Crippen LogP contribution in [0.25, 0.3) is 0 Å². The lowest BCUT2D eigenvalue weighted by Gasteiger charge is -2.50. The Morgan fingerprint density at radius 1 is 1.38 bits per heavy atom. The molecular weight excluding hydrogens is 324 g/mol. The third-order valence-electron chi connectivity index (χ3n) is 4.77. The van der Waals surface area contributed by atoms with Gasteiger partial charge in [0.05, 0.1) is 0 Å². The third-order valence-corrected chi connectivity index (χ3v) is 5.26. The van der Waals surface area contributed by atoms with Crippen molar-refractivity contribution in [2.45, 2.75) is 59.2 Å². The summed E-state index contributed by atoms with van der Waals surface area (Å²) in [6, 6.07) is 9.27. The maximum absolute atomic E-state index is 3.78. The molecule has 1 heterocycles. The third kappa shape index (κ3) is 4.30. The molecule has 1 fully saturated rings. The minimum atomic E-state index is 0.230. The van der Waals surface area contributed by atoms with Crippen LogP contribution >= 0.6 is 15.9 Å². The van der Waals surface area contributed by atoms with Gasteiger partial charge in [-0.15, -0.1) is 0 Å². The van der Waals surface area contributed by atoms with E-state index in [9.17, 15) is 0 Å². The number of nitrogens with one attached hydrogen (secondary N) is 1. The van der Waals surface area contributed by atoms with Gasteiger partial charge in [0.1, 0.15) is 0 Å². The Bertz CT molecular complexity index is 480. The van der Waals surface area contributed by atoms with E-state index >= 15 is 0 Å². The smallest absolute Gasteiger partial charge is 0.0278 e. The normalized spacial score (nSPS) is 27.8. The van der Waals surface area contributed by atoms with Crippen molar-refractivity contribution in [3.63, 3.8) is 0 Å². The molecule has 0 amide bonds. The van der Waals surface area contributed by atoms with Gasteiger partial charge in [-0.3, -0.25) is 4.90 Å². The molecule has 0 aliphatic carbocycles. The second-order valence-electron chi connectivity index (χ2n) is 7.71. The Morgan fingerprint density at radius 3 is 2.67 bits per heavy atom. The first kappa shape index (κ1) is 17.0. The molecule has 1 saturated heterocycles. The second kappa shape index (κ2) is 6.39. The maximum Gasteiger partial charge on any atom is 0.0278 e. The lowest BCUT2D eigenvalue weighted by molar-refractivity contribution is 0.0204. The van der Waals surface area contributed by atoms with Crippen molar-refractivity contribution in [1.82, 2.24) is 10.2 Å². The van der Waals surface area contributed by atoms with E-state index < -0.39 is 0 Å². The lowest BCUT2D eigenvalue weighted by Crippen LogP contribution is -2.65. The SMILES string of the molecule is CCC1(C)CN(Cc2cccc(Br)c2)C(C(C)(C)C)CN1. The average Bonchev–Trinajstić information content (AvgIpc) is 2.37. The molecular formula is C18H29BrN2. The number of hydrogen-bond donors (Lipinski definition) is 1. The number of rotatable bonds is 3. The number of halogens is 1. The highest BCUT2D eigenvalue weighted by atomic mass is 79.9. The number of nitrogens with zero attached hydrogens (tertiary/aromatic N) is 1. The zero-order valence-corrected chi connectivity index (χ0v) is 15.6. The number of benzene rings is 1. The van der Waals surface area contributed by atoms with Crippen LogP contribution in [0, 0.1) is 5.41 Å². The number of hydrogen-bond acceptors (Lipinski definition) is 2. The highest BCUT2D eigenvalue weighted by Gasteiger charge is 2.39. The van der Waals surface area contributed by atoms with E-state index in [4.69, 9.17) is 0 Å². The van der Waals surface area contributed by atoms with Crippen LogP contribution in [0.4, 0.5) is 0 Å². The van der Waals surface area contributed by atoms with Gasteiger partial charge >= 0.3 is 0 Å². The summed E-state index contributed by atoms with van der Waals surface area (Å²) in [7, 11) is 0. The molecule has 1 aliphatic rings. The molecule has 1 aliphatic heterocycles.